The molecule has 4 rings (SSSR count). The van der Waals surface area contributed by atoms with Crippen LogP contribution in [0.2, 0.25) is 0 Å². The number of carbonyl (C=O) groups is 1. The van der Waals surface area contributed by atoms with Gasteiger partial charge in [-0.2, -0.15) is 0 Å². The fourth-order valence-electron chi connectivity index (χ4n) is 4.55. The Bertz CT molecular complexity index is 1100. The van der Waals surface area contributed by atoms with Gasteiger partial charge in [-0.05, 0) is 97.2 Å². The molecule has 0 saturated heterocycles. The van der Waals surface area contributed by atoms with Crippen molar-refractivity contribution in [3.8, 4) is 5.69 Å². The largest absolute Gasteiger partial charge is 0.478 e. The number of aryl methyl sites for hydroxylation is 1. The molecule has 1 unspecified atom stereocenters. The molecule has 0 aliphatic heterocycles. The highest BCUT2D eigenvalue weighted by Crippen LogP contribution is 2.34. The highest BCUT2D eigenvalue weighted by molar-refractivity contribution is 5.88. The average Bonchev–Trinajstić information content (AvgIpc) is 3.12. The van der Waals surface area contributed by atoms with E-state index in [2.05, 4.69) is 61.7 Å². The Balaban J connectivity index is 1.85. The summed E-state index contributed by atoms with van der Waals surface area (Å²) in [6, 6.07) is 18.2. The van der Waals surface area contributed by atoms with Gasteiger partial charge in [0.25, 0.3) is 0 Å². The van der Waals surface area contributed by atoms with Crippen LogP contribution >= 0.6 is 0 Å². The van der Waals surface area contributed by atoms with E-state index < -0.39 is 5.97 Å². The van der Waals surface area contributed by atoms with Crippen molar-refractivity contribution >= 4 is 17.6 Å². The first kappa shape index (κ1) is 20.2. The molecule has 1 aliphatic rings. The van der Waals surface area contributed by atoms with Crippen LogP contribution in [0.15, 0.2) is 54.6 Å². The van der Waals surface area contributed by atoms with Gasteiger partial charge in [0.05, 0.1) is 5.56 Å². The summed E-state index contributed by atoms with van der Waals surface area (Å²) >= 11 is 0. The summed E-state index contributed by atoms with van der Waals surface area (Å²) in [7, 11) is 0. The molecule has 1 atom stereocenters. The molecule has 3 aromatic rings. The molecular formula is C27H29NO2. The summed E-state index contributed by atoms with van der Waals surface area (Å²) in [5, 5.41) is 9.27. The molecule has 0 bridgehead atoms. The number of carboxylic acid groups (broad SMARTS) is 1. The average molecular weight is 400 g/mol. The van der Waals surface area contributed by atoms with Crippen LogP contribution in [0.4, 0.5) is 0 Å². The Morgan fingerprint density at radius 1 is 1.17 bits per heavy atom. The summed E-state index contributed by atoms with van der Waals surface area (Å²) in [4.78, 5) is 11.3. The lowest BCUT2D eigenvalue weighted by Gasteiger charge is -2.21. The van der Waals surface area contributed by atoms with E-state index in [4.69, 9.17) is 0 Å². The lowest BCUT2D eigenvalue weighted by molar-refractivity contribution is 0.0697. The lowest BCUT2D eigenvalue weighted by Crippen LogP contribution is -2.13. The van der Waals surface area contributed by atoms with E-state index in [9.17, 15) is 9.90 Å². The molecule has 154 valence electrons. The maximum absolute atomic E-state index is 11.3. The maximum Gasteiger partial charge on any atom is 0.335 e. The number of allylic oxidation sites excluding steroid dienone is 1. The number of nitrogens with zero attached hydrogens (tertiary/aromatic N) is 1. The van der Waals surface area contributed by atoms with Crippen LogP contribution in [0.3, 0.4) is 0 Å². The summed E-state index contributed by atoms with van der Waals surface area (Å²) in [5.41, 5.74) is 9.16. The van der Waals surface area contributed by atoms with Crippen molar-refractivity contribution in [2.45, 2.75) is 46.5 Å². The third kappa shape index (κ3) is 3.85. The van der Waals surface area contributed by atoms with Gasteiger partial charge in [0.2, 0.25) is 0 Å². The second kappa shape index (κ2) is 8.35. The molecule has 0 fully saturated rings. The van der Waals surface area contributed by atoms with Crippen molar-refractivity contribution in [1.82, 2.24) is 4.57 Å². The Labute approximate surface area is 178 Å². The van der Waals surface area contributed by atoms with Crippen LogP contribution in [0.25, 0.3) is 17.3 Å². The zero-order valence-electron chi connectivity index (χ0n) is 18.0. The number of benzene rings is 2. The Morgan fingerprint density at radius 2 is 1.90 bits per heavy atom. The predicted octanol–water partition coefficient (Wildman–Crippen LogP) is 6.42. The molecule has 1 N–H and O–H groups in total. The minimum atomic E-state index is -0.891. The van der Waals surface area contributed by atoms with Crippen molar-refractivity contribution in [1.29, 1.82) is 0 Å². The van der Waals surface area contributed by atoms with Crippen LogP contribution < -0.4 is 0 Å². The molecule has 2 aromatic carbocycles. The van der Waals surface area contributed by atoms with Crippen molar-refractivity contribution in [3.05, 3.63) is 88.2 Å². The Morgan fingerprint density at radius 3 is 2.60 bits per heavy atom. The molecular weight excluding hydrogens is 370 g/mol. The fourth-order valence-corrected chi connectivity index (χ4v) is 4.55. The third-order valence-corrected chi connectivity index (χ3v) is 6.22. The van der Waals surface area contributed by atoms with Crippen molar-refractivity contribution in [3.63, 3.8) is 0 Å². The molecule has 3 nitrogen and oxygen atoms in total. The monoisotopic (exact) mass is 399 g/mol. The summed E-state index contributed by atoms with van der Waals surface area (Å²) in [6.45, 7) is 6.69. The van der Waals surface area contributed by atoms with Crippen LogP contribution in [0.1, 0.15) is 65.6 Å². The van der Waals surface area contributed by atoms with Gasteiger partial charge in [-0.3, -0.25) is 0 Å². The molecule has 0 radical (unpaired) electrons. The smallest absolute Gasteiger partial charge is 0.335 e. The van der Waals surface area contributed by atoms with Crippen LogP contribution in [-0.2, 0) is 19.3 Å². The van der Waals surface area contributed by atoms with Crippen LogP contribution in [0.5, 0.6) is 0 Å². The summed E-state index contributed by atoms with van der Waals surface area (Å²) < 4.78 is 2.34. The van der Waals surface area contributed by atoms with E-state index >= 15 is 0 Å². The van der Waals surface area contributed by atoms with Crippen LogP contribution in [-0.4, -0.2) is 15.6 Å². The zero-order valence-corrected chi connectivity index (χ0v) is 18.0. The number of rotatable bonds is 5. The first-order valence-corrected chi connectivity index (χ1v) is 10.8. The normalized spacial score (nSPS) is 16.4. The van der Waals surface area contributed by atoms with E-state index in [-0.39, 0.29) is 0 Å². The number of hydrogen-bond donors (Lipinski definition) is 1. The number of carboxylic acids is 1. The molecule has 3 heteroatoms. The van der Waals surface area contributed by atoms with Gasteiger partial charge in [-0.1, -0.05) is 38.1 Å². The van der Waals surface area contributed by atoms with Gasteiger partial charge in [0, 0.05) is 17.1 Å². The molecule has 1 aliphatic carbocycles. The van der Waals surface area contributed by atoms with Gasteiger partial charge in [-0.25, -0.2) is 4.79 Å². The number of aromatic nitrogens is 1. The first-order valence-electron chi connectivity index (χ1n) is 10.8. The van der Waals surface area contributed by atoms with Crippen LogP contribution in [0, 0.1) is 5.92 Å². The predicted molar refractivity (Wildman–Crippen MR) is 123 cm³/mol. The van der Waals surface area contributed by atoms with Gasteiger partial charge < -0.3 is 9.67 Å². The minimum absolute atomic E-state index is 0.319. The lowest BCUT2D eigenvalue weighted by atomic mass is 9.89. The quantitative estimate of drug-likeness (QED) is 0.538. The summed E-state index contributed by atoms with van der Waals surface area (Å²) in [5.74, 6) is -0.196. The molecule has 0 amide bonds. The van der Waals surface area contributed by atoms with E-state index in [0.29, 0.717) is 11.5 Å². The maximum atomic E-state index is 11.3. The molecule has 30 heavy (non-hydrogen) atoms. The second-order valence-electron chi connectivity index (χ2n) is 8.42. The molecule has 1 heterocycles. The topological polar surface area (TPSA) is 42.2 Å². The second-order valence-corrected chi connectivity index (χ2v) is 8.42. The SMILES string of the molecule is CCc1ccccc1/C=C(\C)c1cc2c(n1-c1ccc(C(=O)O)cc1)CCC(C)C2. The summed E-state index contributed by atoms with van der Waals surface area (Å²) in [6.07, 6.45) is 6.62. The Kier molecular flexibility index (Phi) is 5.63. The number of fused-ring (bicyclic) bond motifs is 1. The number of aromatic carboxylic acids is 1. The molecule has 0 saturated carbocycles. The standard InChI is InChI=1S/C27H29NO2/c1-4-20-7-5-6-8-22(20)16-19(3)26-17-23-15-18(2)9-14-25(23)28(26)24-12-10-21(11-13-24)27(29)30/h5-8,10-13,16-18H,4,9,14-15H2,1-3H3,(H,29,30)/b19-16+. The van der Waals surface area contributed by atoms with E-state index in [1.807, 2.05) is 12.1 Å². The Hall–Kier alpha value is -3.07. The van der Waals surface area contributed by atoms with Gasteiger partial charge in [0.15, 0.2) is 0 Å². The fraction of sp³-hybridized carbons (Fsp3) is 0.296. The third-order valence-electron chi connectivity index (χ3n) is 6.22. The van der Waals surface area contributed by atoms with E-state index in [1.165, 1.54) is 40.1 Å². The van der Waals surface area contributed by atoms with Crippen molar-refractivity contribution in [2.24, 2.45) is 5.92 Å². The van der Waals surface area contributed by atoms with Gasteiger partial charge in [0.1, 0.15) is 0 Å². The highest BCUT2D eigenvalue weighted by atomic mass is 16.4. The molecule has 0 spiro atoms. The highest BCUT2D eigenvalue weighted by Gasteiger charge is 2.23. The van der Waals surface area contributed by atoms with E-state index in [0.717, 1.165) is 24.9 Å². The van der Waals surface area contributed by atoms with Crippen molar-refractivity contribution < 1.29 is 9.90 Å². The minimum Gasteiger partial charge on any atom is -0.478 e. The number of hydrogen-bond acceptors (Lipinski definition) is 1. The van der Waals surface area contributed by atoms with E-state index in [1.54, 1.807) is 12.1 Å². The van der Waals surface area contributed by atoms with Gasteiger partial charge >= 0.3 is 5.97 Å². The zero-order chi connectivity index (χ0) is 21.3. The van der Waals surface area contributed by atoms with Crippen molar-refractivity contribution in [2.75, 3.05) is 0 Å². The van der Waals surface area contributed by atoms with Gasteiger partial charge in [-0.15, -0.1) is 0 Å². The first-order chi connectivity index (χ1) is 14.5. The molecule has 1 aromatic heterocycles.